The standard InChI is InChI=1S/C20H21N3O3/c1-4-26-19(24)13-18-20(22-21-14-8-6-5-7-9-14)16-12-15(25-3)10-11-17(16)23(18)2/h5-12H,4,13H2,1-3H3. The molecule has 0 saturated heterocycles. The Labute approximate surface area is 152 Å². The quantitative estimate of drug-likeness (QED) is 0.477. The maximum absolute atomic E-state index is 12.1. The summed E-state index contributed by atoms with van der Waals surface area (Å²) in [7, 11) is 3.53. The molecule has 0 aliphatic rings. The highest BCUT2D eigenvalue weighted by atomic mass is 16.5. The van der Waals surface area contributed by atoms with Gasteiger partial charge in [-0.3, -0.25) is 4.79 Å². The minimum Gasteiger partial charge on any atom is -0.497 e. The van der Waals surface area contributed by atoms with Crippen molar-refractivity contribution in [3.63, 3.8) is 0 Å². The molecule has 0 atom stereocenters. The van der Waals surface area contributed by atoms with Gasteiger partial charge in [0.15, 0.2) is 0 Å². The Balaban J connectivity index is 2.12. The number of rotatable bonds is 6. The summed E-state index contributed by atoms with van der Waals surface area (Å²) in [5, 5.41) is 9.66. The van der Waals surface area contributed by atoms with Gasteiger partial charge in [-0.1, -0.05) is 18.2 Å². The van der Waals surface area contributed by atoms with Crippen molar-refractivity contribution in [3.8, 4) is 5.75 Å². The van der Waals surface area contributed by atoms with Crippen LogP contribution in [0.5, 0.6) is 5.75 Å². The number of ether oxygens (including phenoxy) is 2. The van der Waals surface area contributed by atoms with Gasteiger partial charge < -0.3 is 14.0 Å². The second kappa shape index (κ2) is 7.82. The molecule has 26 heavy (non-hydrogen) atoms. The van der Waals surface area contributed by atoms with Crippen molar-refractivity contribution < 1.29 is 14.3 Å². The second-order valence-electron chi connectivity index (χ2n) is 5.75. The fourth-order valence-electron chi connectivity index (χ4n) is 2.85. The first kappa shape index (κ1) is 17.7. The molecule has 3 aromatic rings. The largest absolute Gasteiger partial charge is 0.497 e. The lowest BCUT2D eigenvalue weighted by Crippen LogP contribution is -2.10. The summed E-state index contributed by atoms with van der Waals surface area (Å²) < 4.78 is 12.4. The molecular weight excluding hydrogens is 330 g/mol. The highest BCUT2D eigenvalue weighted by molar-refractivity contribution is 5.96. The number of esters is 1. The van der Waals surface area contributed by atoms with E-state index in [0.29, 0.717) is 12.3 Å². The molecule has 3 rings (SSSR count). The van der Waals surface area contributed by atoms with Gasteiger partial charge in [-0.05, 0) is 37.3 Å². The van der Waals surface area contributed by atoms with Crippen LogP contribution in [0.15, 0.2) is 58.8 Å². The lowest BCUT2D eigenvalue weighted by molar-refractivity contribution is -0.142. The van der Waals surface area contributed by atoms with E-state index < -0.39 is 0 Å². The monoisotopic (exact) mass is 351 g/mol. The molecule has 0 amide bonds. The van der Waals surface area contributed by atoms with Crippen molar-refractivity contribution >= 4 is 28.2 Å². The van der Waals surface area contributed by atoms with Crippen molar-refractivity contribution in [2.45, 2.75) is 13.3 Å². The Morgan fingerprint density at radius 1 is 1.12 bits per heavy atom. The normalized spacial score (nSPS) is 11.2. The Morgan fingerprint density at radius 3 is 2.58 bits per heavy atom. The summed E-state index contributed by atoms with van der Waals surface area (Å²) in [4.78, 5) is 12.1. The number of nitrogens with zero attached hydrogens (tertiary/aromatic N) is 3. The number of methoxy groups -OCH3 is 1. The summed E-state index contributed by atoms with van der Waals surface area (Å²) in [5.41, 5.74) is 3.10. The Morgan fingerprint density at radius 2 is 1.88 bits per heavy atom. The van der Waals surface area contributed by atoms with Crippen molar-refractivity contribution in [2.75, 3.05) is 13.7 Å². The fourth-order valence-corrected chi connectivity index (χ4v) is 2.85. The van der Waals surface area contributed by atoms with Crippen LogP contribution >= 0.6 is 0 Å². The molecule has 134 valence electrons. The topological polar surface area (TPSA) is 65.2 Å². The summed E-state index contributed by atoms with van der Waals surface area (Å²) >= 11 is 0. The Kier molecular flexibility index (Phi) is 5.31. The van der Waals surface area contributed by atoms with Gasteiger partial charge in [0.05, 0.1) is 37.0 Å². The molecule has 0 aliphatic carbocycles. The van der Waals surface area contributed by atoms with E-state index in [1.54, 1.807) is 14.0 Å². The first-order valence-electron chi connectivity index (χ1n) is 8.41. The molecule has 0 radical (unpaired) electrons. The molecule has 0 unspecified atom stereocenters. The predicted molar refractivity (Wildman–Crippen MR) is 100 cm³/mol. The SMILES string of the molecule is CCOC(=O)Cc1c(N=Nc2ccccc2)c2cc(OC)ccc2n1C. The predicted octanol–water partition coefficient (Wildman–Crippen LogP) is 4.71. The second-order valence-corrected chi connectivity index (χ2v) is 5.75. The van der Waals surface area contributed by atoms with Crippen LogP contribution in [0.25, 0.3) is 10.9 Å². The number of fused-ring (bicyclic) bond motifs is 1. The van der Waals surface area contributed by atoms with E-state index in [1.165, 1.54) is 0 Å². The lowest BCUT2D eigenvalue weighted by Gasteiger charge is -2.05. The van der Waals surface area contributed by atoms with E-state index in [0.717, 1.165) is 28.0 Å². The summed E-state index contributed by atoms with van der Waals surface area (Å²) in [5.74, 6) is 0.434. The maximum atomic E-state index is 12.1. The van der Waals surface area contributed by atoms with Crippen molar-refractivity contribution in [2.24, 2.45) is 17.3 Å². The van der Waals surface area contributed by atoms with Gasteiger partial charge in [0.25, 0.3) is 0 Å². The van der Waals surface area contributed by atoms with Gasteiger partial charge >= 0.3 is 5.97 Å². The average Bonchev–Trinajstić information content (AvgIpc) is 2.92. The van der Waals surface area contributed by atoms with E-state index in [-0.39, 0.29) is 12.4 Å². The van der Waals surface area contributed by atoms with Gasteiger partial charge in [-0.15, -0.1) is 5.11 Å². The molecule has 0 N–H and O–H groups in total. The number of benzene rings is 2. The molecule has 1 aromatic heterocycles. The van der Waals surface area contributed by atoms with Gasteiger partial charge in [-0.2, -0.15) is 5.11 Å². The van der Waals surface area contributed by atoms with Gasteiger partial charge in [0, 0.05) is 12.4 Å². The fraction of sp³-hybridized carbons (Fsp3) is 0.250. The third-order valence-electron chi connectivity index (χ3n) is 4.14. The molecule has 0 fully saturated rings. The van der Waals surface area contributed by atoms with Crippen molar-refractivity contribution in [1.82, 2.24) is 4.57 Å². The van der Waals surface area contributed by atoms with Crippen LogP contribution in [-0.2, 0) is 23.0 Å². The molecule has 0 spiro atoms. The lowest BCUT2D eigenvalue weighted by atomic mass is 10.2. The van der Waals surface area contributed by atoms with Crippen LogP contribution in [0.4, 0.5) is 11.4 Å². The summed E-state index contributed by atoms with van der Waals surface area (Å²) in [6, 6.07) is 15.2. The first-order valence-corrected chi connectivity index (χ1v) is 8.41. The Bertz CT molecular complexity index is 946. The summed E-state index contributed by atoms with van der Waals surface area (Å²) in [6.45, 7) is 2.14. The number of azo groups is 1. The van der Waals surface area contributed by atoms with Crippen LogP contribution in [0.1, 0.15) is 12.6 Å². The van der Waals surface area contributed by atoms with Crippen LogP contribution in [-0.4, -0.2) is 24.3 Å². The smallest absolute Gasteiger partial charge is 0.311 e. The number of carbonyl (C=O) groups is 1. The van der Waals surface area contributed by atoms with Crippen LogP contribution in [0.2, 0.25) is 0 Å². The third-order valence-corrected chi connectivity index (χ3v) is 4.14. The van der Waals surface area contributed by atoms with E-state index >= 15 is 0 Å². The molecule has 0 saturated carbocycles. The molecule has 6 heteroatoms. The van der Waals surface area contributed by atoms with Crippen LogP contribution in [0.3, 0.4) is 0 Å². The zero-order valence-electron chi connectivity index (χ0n) is 15.1. The van der Waals surface area contributed by atoms with Crippen molar-refractivity contribution in [1.29, 1.82) is 0 Å². The van der Waals surface area contributed by atoms with E-state index in [4.69, 9.17) is 9.47 Å². The first-order chi connectivity index (χ1) is 12.6. The molecular formula is C20H21N3O3. The highest BCUT2D eigenvalue weighted by Gasteiger charge is 2.19. The number of hydrogen-bond donors (Lipinski definition) is 0. The van der Waals surface area contributed by atoms with E-state index in [9.17, 15) is 4.79 Å². The molecule has 6 nitrogen and oxygen atoms in total. The van der Waals surface area contributed by atoms with Crippen LogP contribution in [0, 0.1) is 0 Å². The molecule has 2 aromatic carbocycles. The average molecular weight is 351 g/mol. The Hall–Kier alpha value is -3.15. The van der Waals surface area contributed by atoms with Gasteiger partial charge in [0.1, 0.15) is 11.4 Å². The maximum Gasteiger partial charge on any atom is 0.311 e. The van der Waals surface area contributed by atoms with Crippen LogP contribution < -0.4 is 4.74 Å². The zero-order valence-corrected chi connectivity index (χ0v) is 15.1. The zero-order chi connectivity index (χ0) is 18.5. The highest BCUT2D eigenvalue weighted by Crippen LogP contribution is 2.36. The minimum absolute atomic E-state index is 0.129. The molecule has 1 heterocycles. The minimum atomic E-state index is -0.290. The van der Waals surface area contributed by atoms with Crippen molar-refractivity contribution in [3.05, 3.63) is 54.2 Å². The van der Waals surface area contributed by atoms with E-state index in [2.05, 4.69) is 10.2 Å². The number of aryl methyl sites for hydroxylation is 1. The molecule has 0 bridgehead atoms. The molecule has 0 aliphatic heterocycles. The summed E-state index contributed by atoms with van der Waals surface area (Å²) in [6.07, 6.45) is 0.129. The van der Waals surface area contributed by atoms with Gasteiger partial charge in [0.2, 0.25) is 0 Å². The number of aromatic nitrogens is 1. The third kappa shape index (κ3) is 3.59. The number of carbonyl (C=O) groups excluding carboxylic acids is 1. The number of hydrogen-bond acceptors (Lipinski definition) is 5. The van der Waals surface area contributed by atoms with Gasteiger partial charge in [-0.25, -0.2) is 0 Å². The van der Waals surface area contributed by atoms with E-state index in [1.807, 2.05) is 60.1 Å².